The van der Waals surface area contributed by atoms with Crippen LogP contribution in [0.1, 0.15) is 30.5 Å². The Labute approximate surface area is 111 Å². The summed E-state index contributed by atoms with van der Waals surface area (Å²) in [5.74, 6) is 0.657. The zero-order valence-electron chi connectivity index (χ0n) is 10.8. The van der Waals surface area contributed by atoms with Gasteiger partial charge in [0.1, 0.15) is 0 Å². The van der Waals surface area contributed by atoms with E-state index in [1.54, 1.807) is 17.5 Å². The first-order chi connectivity index (χ1) is 8.70. The fourth-order valence-electron chi connectivity index (χ4n) is 1.74. The third kappa shape index (κ3) is 2.98. The summed E-state index contributed by atoms with van der Waals surface area (Å²) in [5.41, 5.74) is 3.94. The average Bonchev–Trinajstić information content (AvgIpc) is 2.78. The highest BCUT2D eigenvalue weighted by molar-refractivity contribution is 7.09. The van der Waals surface area contributed by atoms with Crippen molar-refractivity contribution in [1.29, 1.82) is 0 Å². The lowest BCUT2D eigenvalue weighted by Crippen LogP contribution is -2.06. The van der Waals surface area contributed by atoms with Gasteiger partial charge in [-0.05, 0) is 26.8 Å². The van der Waals surface area contributed by atoms with Crippen molar-refractivity contribution in [3.63, 3.8) is 0 Å². The molecule has 5 heteroatoms. The van der Waals surface area contributed by atoms with Crippen molar-refractivity contribution in [2.75, 3.05) is 11.9 Å². The molecule has 0 saturated heterocycles. The predicted molar refractivity (Wildman–Crippen MR) is 74.3 cm³/mol. The molecule has 2 aromatic rings. The van der Waals surface area contributed by atoms with Crippen LogP contribution in [0.4, 0.5) is 5.69 Å². The molecule has 0 bridgehead atoms. The van der Waals surface area contributed by atoms with Crippen LogP contribution in [0.15, 0.2) is 23.8 Å². The van der Waals surface area contributed by atoms with E-state index in [1.807, 2.05) is 31.5 Å². The Bertz CT molecular complexity index is 495. The third-order valence-corrected chi connectivity index (χ3v) is 3.70. The van der Waals surface area contributed by atoms with Crippen molar-refractivity contribution in [2.24, 2.45) is 0 Å². The Morgan fingerprint density at radius 1 is 1.39 bits per heavy atom. The van der Waals surface area contributed by atoms with Crippen LogP contribution < -0.4 is 10.1 Å². The number of anilines is 1. The van der Waals surface area contributed by atoms with Crippen molar-refractivity contribution in [1.82, 2.24) is 9.97 Å². The summed E-state index contributed by atoms with van der Waals surface area (Å²) in [6.07, 6.45) is 1.79. The molecule has 0 aliphatic heterocycles. The van der Waals surface area contributed by atoms with Gasteiger partial charge in [-0.15, -0.1) is 11.3 Å². The van der Waals surface area contributed by atoms with E-state index < -0.39 is 0 Å². The summed E-state index contributed by atoms with van der Waals surface area (Å²) in [4.78, 5) is 9.74. The molecule has 0 aliphatic rings. The molecule has 1 N–H and O–H groups in total. The lowest BCUT2D eigenvalue weighted by molar-refractivity contribution is 0.327. The van der Waals surface area contributed by atoms with E-state index in [2.05, 4.69) is 22.2 Å². The molecule has 1 atom stereocenters. The Kier molecular flexibility index (Phi) is 4.15. The summed E-state index contributed by atoms with van der Waals surface area (Å²) in [5, 5.41) is 3.41. The molecule has 2 heterocycles. The number of nitrogens with one attached hydrogen (secondary N) is 1. The van der Waals surface area contributed by atoms with Gasteiger partial charge in [-0.1, -0.05) is 0 Å². The predicted octanol–water partition coefficient (Wildman–Crippen LogP) is 3.42. The van der Waals surface area contributed by atoms with E-state index in [-0.39, 0.29) is 6.04 Å². The topological polar surface area (TPSA) is 47.0 Å². The van der Waals surface area contributed by atoms with Gasteiger partial charge >= 0.3 is 0 Å². The first-order valence-electron chi connectivity index (χ1n) is 5.96. The molecule has 0 radical (unpaired) electrons. The molecule has 0 fully saturated rings. The number of aryl methyl sites for hydroxylation is 1. The van der Waals surface area contributed by atoms with Crippen molar-refractivity contribution in [3.8, 4) is 5.88 Å². The minimum absolute atomic E-state index is 0.234. The zero-order valence-corrected chi connectivity index (χ0v) is 11.6. The molecule has 0 spiro atoms. The summed E-state index contributed by atoms with van der Waals surface area (Å²) >= 11 is 1.67. The average molecular weight is 263 g/mol. The van der Waals surface area contributed by atoms with E-state index in [9.17, 15) is 0 Å². The van der Waals surface area contributed by atoms with Crippen molar-refractivity contribution in [3.05, 3.63) is 34.4 Å². The van der Waals surface area contributed by atoms with Crippen LogP contribution in [0.2, 0.25) is 0 Å². The maximum atomic E-state index is 5.31. The van der Waals surface area contributed by atoms with Gasteiger partial charge in [-0.2, -0.15) is 0 Å². The Morgan fingerprint density at radius 2 is 2.22 bits per heavy atom. The number of hydrogen-bond donors (Lipinski definition) is 1. The van der Waals surface area contributed by atoms with Crippen LogP contribution in [0.25, 0.3) is 0 Å². The van der Waals surface area contributed by atoms with Crippen LogP contribution in [0, 0.1) is 6.92 Å². The summed E-state index contributed by atoms with van der Waals surface area (Å²) in [7, 11) is 0. The first-order valence-corrected chi connectivity index (χ1v) is 6.84. The van der Waals surface area contributed by atoms with Crippen LogP contribution in [0.3, 0.4) is 0 Å². The molecule has 0 amide bonds. The highest BCUT2D eigenvalue weighted by Crippen LogP contribution is 2.25. The first kappa shape index (κ1) is 12.8. The van der Waals surface area contributed by atoms with Gasteiger partial charge in [0, 0.05) is 10.9 Å². The molecule has 0 aliphatic carbocycles. The van der Waals surface area contributed by atoms with Gasteiger partial charge in [0.15, 0.2) is 0 Å². The molecule has 0 saturated carbocycles. The Balaban J connectivity index is 2.03. The second kappa shape index (κ2) is 5.82. The van der Waals surface area contributed by atoms with Crippen molar-refractivity contribution < 1.29 is 4.74 Å². The molecule has 0 aromatic carbocycles. The standard InChI is InChI=1S/C13H17N3OS/c1-4-17-12-6-5-11(7-14-12)16-10(3)13-9(2)15-8-18-13/h5-8,10,16H,4H2,1-3H3. The van der Waals surface area contributed by atoms with Gasteiger partial charge in [-0.3, -0.25) is 0 Å². The maximum absolute atomic E-state index is 5.31. The molecular weight excluding hydrogens is 246 g/mol. The number of thiazole rings is 1. The Hall–Kier alpha value is -1.62. The van der Waals surface area contributed by atoms with Crippen LogP contribution in [0.5, 0.6) is 5.88 Å². The fourth-order valence-corrected chi connectivity index (χ4v) is 2.55. The van der Waals surface area contributed by atoms with Gasteiger partial charge < -0.3 is 10.1 Å². The molecule has 96 valence electrons. The number of hydrogen-bond acceptors (Lipinski definition) is 5. The highest BCUT2D eigenvalue weighted by Gasteiger charge is 2.10. The smallest absolute Gasteiger partial charge is 0.213 e. The normalized spacial score (nSPS) is 12.2. The largest absolute Gasteiger partial charge is 0.478 e. The SMILES string of the molecule is CCOc1ccc(NC(C)c2scnc2C)cn1. The number of ether oxygens (including phenoxy) is 1. The van der Waals surface area contributed by atoms with E-state index >= 15 is 0 Å². The number of nitrogens with zero attached hydrogens (tertiary/aromatic N) is 2. The second-order valence-electron chi connectivity index (χ2n) is 3.99. The van der Waals surface area contributed by atoms with E-state index in [4.69, 9.17) is 4.74 Å². The summed E-state index contributed by atoms with van der Waals surface area (Å²) in [6.45, 7) is 6.73. The lowest BCUT2D eigenvalue weighted by atomic mass is 10.2. The lowest BCUT2D eigenvalue weighted by Gasteiger charge is -2.14. The van der Waals surface area contributed by atoms with Crippen LogP contribution in [-0.2, 0) is 0 Å². The molecular formula is C13H17N3OS. The van der Waals surface area contributed by atoms with Gasteiger partial charge in [0.2, 0.25) is 5.88 Å². The van der Waals surface area contributed by atoms with Gasteiger partial charge in [0.25, 0.3) is 0 Å². The van der Waals surface area contributed by atoms with Gasteiger partial charge in [-0.25, -0.2) is 9.97 Å². The maximum Gasteiger partial charge on any atom is 0.213 e. The minimum atomic E-state index is 0.234. The number of pyridine rings is 1. The van der Waals surface area contributed by atoms with E-state index in [1.165, 1.54) is 4.88 Å². The molecule has 4 nitrogen and oxygen atoms in total. The van der Waals surface area contributed by atoms with E-state index in [0.29, 0.717) is 12.5 Å². The van der Waals surface area contributed by atoms with Crippen molar-refractivity contribution in [2.45, 2.75) is 26.8 Å². The van der Waals surface area contributed by atoms with Gasteiger partial charge in [0.05, 0.1) is 35.7 Å². The highest BCUT2D eigenvalue weighted by atomic mass is 32.1. The zero-order chi connectivity index (χ0) is 13.0. The summed E-state index contributed by atoms with van der Waals surface area (Å²) < 4.78 is 5.31. The number of rotatable bonds is 5. The molecule has 1 unspecified atom stereocenters. The fraction of sp³-hybridized carbons (Fsp3) is 0.385. The molecule has 2 rings (SSSR count). The monoisotopic (exact) mass is 263 g/mol. The summed E-state index contributed by atoms with van der Waals surface area (Å²) in [6, 6.07) is 4.08. The Morgan fingerprint density at radius 3 is 2.78 bits per heavy atom. The van der Waals surface area contributed by atoms with E-state index in [0.717, 1.165) is 11.4 Å². The third-order valence-electron chi connectivity index (χ3n) is 2.59. The van der Waals surface area contributed by atoms with Crippen LogP contribution in [-0.4, -0.2) is 16.6 Å². The molecule has 2 aromatic heterocycles. The molecule has 18 heavy (non-hydrogen) atoms. The quantitative estimate of drug-likeness (QED) is 0.898. The van der Waals surface area contributed by atoms with Crippen molar-refractivity contribution >= 4 is 17.0 Å². The number of aromatic nitrogens is 2. The minimum Gasteiger partial charge on any atom is -0.478 e. The van der Waals surface area contributed by atoms with Crippen LogP contribution >= 0.6 is 11.3 Å². The second-order valence-corrected chi connectivity index (χ2v) is 4.87.